The molecule has 2 amide bonds. The maximum Gasteiger partial charge on any atom is 0.308 e. The number of aryl methyl sites for hydroxylation is 1. The molecule has 7 atom stereocenters. The Kier molecular flexibility index (Phi) is 4.42. The molecule has 6 nitrogen and oxygen atoms in total. The molecule has 2 saturated carbocycles. The number of esters is 1. The average Bonchev–Trinajstić information content (AvgIpc) is 3.51. The number of hydrogen-bond donors (Lipinski definition) is 0. The molecule has 156 valence electrons. The van der Waals surface area contributed by atoms with E-state index in [-0.39, 0.29) is 54.2 Å². The average molecular weight is 407 g/mol. The van der Waals surface area contributed by atoms with Crippen molar-refractivity contribution in [2.75, 3.05) is 6.54 Å². The molecule has 1 saturated heterocycles. The van der Waals surface area contributed by atoms with Gasteiger partial charge in [-0.3, -0.25) is 24.1 Å². The van der Waals surface area contributed by atoms with Crippen molar-refractivity contribution in [2.45, 2.75) is 32.8 Å². The summed E-state index contributed by atoms with van der Waals surface area (Å²) in [7, 11) is 0. The van der Waals surface area contributed by atoms with Gasteiger partial charge in [0, 0.05) is 12.1 Å². The van der Waals surface area contributed by atoms with Crippen LogP contribution in [0.15, 0.2) is 36.4 Å². The van der Waals surface area contributed by atoms with E-state index in [0.29, 0.717) is 17.4 Å². The summed E-state index contributed by atoms with van der Waals surface area (Å²) < 4.78 is 5.27. The Morgan fingerprint density at radius 1 is 1.03 bits per heavy atom. The van der Waals surface area contributed by atoms with Gasteiger partial charge in [0.1, 0.15) is 0 Å². The van der Waals surface area contributed by atoms with Gasteiger partial charge in [-0.2, -0.15) is 0 Å². The fourth-order valence-electron chi connectivity index (χ4n) is 5.70. The maximum atomic E-state index is 12.9. The lowest BCUT2D eigenvalue weighted by Crippen LogP contribution is -2.40. The second kappa shape index (κ2) is 6.89. The number of carbonyl (C=O) groups is 4. The minimum atomic E-state index is -0.917. The molecule has 0 spiro atoms. The first-order valence-electron chi connectivity index (χ1n) is 10.7. The Hall–Kier alpha value is -2.76. The number of Topliss-reactive ketones (excluding diaryl/α,β-unsaturated/α-hetero) is 1. The van der Waals surface area contributed by atoms with E-state index in [1.54, 1.807) is 12.1 Å². The number of ketones is 1. The van der Waals surface area contributed by atoms with E-state index in [9.17, 15) is 19.2 Å². The lowest BCUT2D eigenvalue weighted by atomic mass is 9.63. The number of likely N-dealkylation sites (tertiary alicyclic amines) is 1. The highest BCUT2D eigenvalue weighted by molar-refractivity contribution is 6.06. The first kappa shape index (κ1) is 19.2. The SMILES string of the molecule is Cc1ccc(C(=O)[C@H](C)OC(=O)CCN2C(=O)[C@H]3[C@@H]4C=C[C@H]([C@@H]5C[C@H]45)[C@@H]3C2=O)cc1. The highest BCUT2D eigenvalue weighted by Gasteiger charge is 2.66. The largest absolute Gasteiger partial charge is 0.454 e. The number of allylic oxidation sites excluding steroid dienone is 2. The van der Waals surface area contributed by atoms with Crippen molar-refractivity contribution >= 4 is 23.6 Å². The third-order valence-electron chi connectivity index (χ3n) is 7.31. The summed E-state index contributed by atoms with van der Waals surface area (Å²) in [5.74, 6) is -0.211. The Balaban J connectivity index is 1.18. The van der Waals surface area contributed by atoms with Gasteiger partial charge < -0.3 is 4.74 Å². The molecule has 0 N–H and O–H groups in total. The van der Waals surface area contributed by atoms with Gasteiger partial charge in [0.15, 0.2) is 6.10 Å². The summed E-state index contributed by atoms with van der Waals surface area (Å²) >= 11 is 0. The summed E-state index contributed by atoms with van der Waals surface area (Å²) in [6.45, 7) is 3.49. The molecule has 1 aliphatic heterocycles. The zero-order valence-corrected chi connectivity index (χ0v) is 17.1. The van der Waals surface area contributed by atoms with Crippen molar-refractivity contribution in [3.63, 3.8) is 0 Å². The van der Waals surface area contributed by atoms with Crippen LogP contribution in [0.1, 0.15) is 35.7 Å². The number of imide groups is 1. The molecule has 0 aromatic heterocycles. The monoisotopic (exact) mass is 407 g/mol. The van der Waals surface area contributed by atoms with Gasteiger partial charge >= 0.3 is 5.97 Å². The van der Waals surface area contributed by atoms with E-state index < -0.39 is 12.1 Å². The fraction of sp³-hybridized carbons (Fsp3) is 0.500. The van der Waals surface area contributed by atoms with Crippen molar-refractivity contribution in [3.8, 4) is 0 Å². The van der Waals surface area contributed by atoms with E-state index in [0.717, 1.165) is 12.0 Å². The van der Waals surface area contributed by atoms with Crippen molar-refractivity contribution in [3.05, 3.63) is 47.5 Å². The van der Waals surface area contributed by atoms with Crippen molar-refractivity contribution < 1.29 is 23.9 Å². The molecule has 0 unspecified atom stereocenters. The van der Waals surface area contributed by atoms with E-state index in [2.05, 4.69) is 12.2 Å². The number of carbonyl (C=O) groups excluding carboxylic acids is 4. The zero-order chi connectivity index (χ0) is 21.2. The molecule has 0 radical (unpaired) electrons. The van der Waals surface area contributed by atoms with Crippen LogP contribution in [0.25, 0.3) is 0 Å². The second-order valence-electron chi connectivity index (χ2n) is 9.10. The molecule has 6 rings (SSSR count). The first-order valence-corrected chi connectivity index (χ1v) is 10.7. The lowest BCUT2D eigenvalue weighted by molar-refractivity contribution is -0.148. The molecule has 1 aromatic carbocycles. The van der Waals surface area contributed by atoms with Gasteiger partial charge in [0.25, 0.3) is 0 Å². The van der Waals surface area contributed by atoms with Crippen molar-refractivity contribution in [1.29, 1.82) is 0 Å². The van der Waals surface area contributed by atoms with Crippen LogP contribution in [0.2, 0.25) is 0 Å². The van der Waals surface area contributed by atoms with Crippen LogP contribution >= 0.6 is 0 Å². The summed E-state index contributed by atoms with van der Waals surface area (Å²) in [4.78, 5) is 51.8. The number of ether oxygens (including phenoxy) is 1. The predicted octanol–water partition coefficient (Wildman–Crippen LogP) is 2.55. The second-order valence-corrected chi connectivity index (χ2v) is 9.10. The zero-order valence-electron chi connectivity index (χ0n) is 17.1. The fourth-order valence-corrected chi connectivity index (χ4v) is 5.70. The minimum Gasteiger partial charge on any atom is -0.454 e. The van der Waals surface area contributed by atoms with E-state index in [1.165, 1.54) is 11.8 Å². The van der Waals surface area contributed by atoms with Crippen LogP contribution in [-0.2, 0) is 19.1 Å². The standard InChI is InChI=1S/C24H25NO5/c1-12-3-5-14(6-4-12)22(27)13(2)30-19(26)9-10-25-23(28)20-15-7-8-16(18-11-17(15)18)21(20)24(25)29/h3-8,13,15-18,20-21H,9-11H2,1-2H3/t13-,15+,16+,17-,18+,20-,21-/m0/s1. The van der Waals surface area contributed by atoms with Crippen LogP contribution in [-0.4, -0.2) is 41.1 Å². The van der Waals surface area contributed by atoms with Crippen LogP contribution < -0.4 is 0 Å². The van der Waals surface area contributed by atoms with Crippen LogP contribution in [0.4, 0.5) is 0 Å². The quantitative estimate of drug-likeness (QED) is 0.313. The Morgan fingerprint density at radius 3 is 2.17 bits per heavy atom. The molecule has 4 aliphatic carbocycles. The molecular formula is C24H25NO5. The van der Waals surface area contributed by atoms with Crippen LogP contribution in [0, 0.1) is 42.4 Å². The number of hydrogen-bond acceptors (Lipinski definition) is 5. The van der Waals surface area contributed by atoms with Gasteiger partial charge in [-0.1, -0.05) is 42.0 Å². The topological polar surface area (TPSA) is 80.8 Å². The smallest absolute Gasteiger partial charge is 0.308 e. The maximum absolute atomic E-state index is 12.9. The van der Waals surface area contributed by atoms with Crippen molar-refractivity contribution in [1.82, 2.24) is 4.90 Å². The summed E-state index contributed by atoms with van der Waals surface area (Å²) in [5, 5.41) is 0. The number of rotatable bonds is 6. The number of amides is 2. The molecule has 2 bridgehead atoms. The first-order chi connectivity index (χ1) is 14.4. The Labute approximate surface area is 175 Å². The van der Waals surface area contributed by atoms with Gasteiger partial charge in [-0.25, -0.2) is 0 Å². The normalized spacial score (nSPS) is 33.9. The van der Waals surface area contributed by atoms with E-state index in [1.807, 2.05) is 19.1 Å². The molecule has 5 aliphatic rings. The van der Waals surface area contributed by atoms with Crippen LogP contribution in [0.5, 0.6) is 0 Å². The molecule has 1 heterocycles. The summed E-state index contributed by atoms with van der Waals surface area (Å²) in [6, 6.07) is 7.08. The van der Waals surface area contributed by atoms with Crippen LogP contribution in [0.3, 0.4) is 0 Å². The predicted molar refractivity (Wildman–Crippen MR) is 107 cm³/mol. The van der Waals surface area contributed by atoms with Gasteiger partial charge in [-0.05, 0) is 43.9 Å². The molecule has 6 heteroatoms. The highest BCUT2D eigenvalue weighted by atomic mass is 16.5. The van der Waals surface area contributed by atoms with Gasteiger partial charge in [-0.15, -0.1) is 0 Å². The van der Waals surface area contributed by atoms with E-state index in [4.69, 9.17) is 4.74 Å². The Bertz CT molecular complexity index is 928. The molecule has 30 heavy (non-hydrogen) atoms. The van der Waals surface area contributed by atoms with Gasteiger partial charge in [0.05, 0.1) is 18.3 Å². The number of benzene rings is 1. The molecule has 3 fully saturated rings. The Morgan fingerprint density at radius 2 is 1.60 bits per heavy atom. The van der Waals surface area contributed by atoms with Gasteiger partial charge in [0.2, 0.25) is 17.6 Å². The number of nitrogens with zero attached hydrogens (tertiary/aromatic N) is 1. The summed E-state index contributed by atoms with van der Waals surface area (Å²) in [5.41, 5.74) is 1.52. The molecular weight excluding hydrogens is 382 g/mol. The lowest BCUT2D eigenvalue weighted by Gasteiger charge is -2.37. The third kappa shape index (κ3) is 2.92. The van der Waals surface area contributed by atoms with Crippen molar-refractivity contribution in [2.24, 2.45) is 35.5 Å². The minimum absolute atomic E-state index is 0.0176. The summed E-state index contributed by atoms with van der Waals surface area (Å²) in [6.07, 6.45) is 4.36. The third-order valence-corrected chi connectivity index (χ3v) is 7.31. The highest BCUT2D eigenvalue weighted by Crippen LogP contribution is 2.65. The van der Waals surface area contributed by atoms with E-state index >= 15 is 0 Å². The molecule has 1 aromatic rings.